The van der Waals surface area contributed by atoms with Gasteiger partial charge in [-0.15, -0.1) is 0 Å². The minimum Gasteiger partial charge on any atom is -0.376 e. The van der Waals surface area contributed by atoms with Gasteiger partial charge in [-0.05, 0) is 24.2 Å². The Morgan fingerprint density at radius 2 is 1.94 bits per heavy atom. The molecular formula is C12H25NO2S. The van der Waals surface area contributed by atoms with Crippen LogP contribution in [-0.2, 0) is 14.5 Å². The molecule has 4 heteroatoms. The highest BCUT2D eigenvalue weighted by Gasteiger charge is 2.30. The van der Waals surface area contributed by atoms with Crippen LogP contribution in [0.3, 0.4) is 0 Å². The smallest absolute Gasteiger partial charge is 0.0777 e. The first-order valence-corrected chi connectivity index (χ1v) is 8.26. The van der Waals surface area contributed by atoms with E-state index in [0.717, 1.165) is 13.0 Å². The van der Waals surface area contributed by atoms with Gasteiger partial charge in [-0.3, -0.25) is 4.21 Å². The van der Waals surface area contributed by atoms with Crippen LogP contribution in [0.4, 0.5) is 0 Å². The van der Waals surface area contributed by atoms with Crippen LogP contribution in [0, 0.1) is 11.3 Å². The summed E-state index contributed by atoms with van der Waals surface area (Å²) < 4.78 is 21.4. The molecule has 0 saturated carbocycles. The fourth-order valence-corrected chi connectivity index (χ4v) is 2.42. The highest BCUT2D eigenvalue weighted by Crippen LogP contribution is 2.33. The van der Waals surface area contributed by atoms with Crippen LogP contribution in [0.1, 0.15) is 33.6 Å². The van der Waals surface area contributed by atoms with E-state index in [1.807, 2.05) is 0 Å². The zero-order valence-corrected chi connectivity index (χ0v) is 12.0. The molecule has 3 nitrogen and oxygen atoms in total. The SMILES string of the molecule is CC(C)(C)C1CCC(CN=S(C)(C)=O)OC1. The molecule has 0 aliphatic carbocycles. The van der Waals surface area contributed by atoms with Crippen molar-refractivity contribution >= 4 is 9.73 Å². The molecule has 1 heterocycles. The Morgan fingerprint density at radius 3 is 2.31 bits per heavy atom. The van der Waals surface area contributed by atoms with Crippen LogP contribution in [0.25, 0.3) is 0 Å². The quantitative estimate of drug-likeness (QED) is 0.752. The highest BCUT2D eigenvalue weighted by atomic mass is 32.2. The van der Waals surface area contributed by atoms with Crippen LogP contribution < -0.4 is 0 Å². The van der Waals surface area contributed by atoms with Gasteiger partial charge in [-0.2, -0.15) is 0 Å². The summed E-state index contributed by atoms with van der Waals surface area (Å²) in [6, 6.07) is 0. The number of ether oxygens (including phenoxy) is 1. The van der Waals surface area contributed by atoms with Gasteiger partial charge >= 0.3 is 0 Å². The van der Waals surface area contributed by atoms with Gasteiger partial charge in [0.25, 0.3) is 0 Å². The number of nitrogens with zero attached hydrogens (tertiary/aromatic N) is 1. The fraction of sp³-hybridized carbons (Fsp3) is 1.00. The van der Waals surface area contributed by atoms with Gasteiger partial charge in [0.05, 0.1) is 19.3 Å². The maximum absolute atomic E-state index is 11.4. The lowest BCUT2D eigenvalue weighted by atomic mass is 9.77. The molecule has 96 valence electrons. The first-order valence-electron chi connectivity index (χ1n) is 5.93. The van der Waals surface area contributed by atoms with E-state index in [9.17, 15) is 4.21 Å². The molecule has 1 fully saturated rings. The van der Waals surface area contributed by atoms with Crippen molar-refractivity contribution in [3.05, 3.63) is 0 Å². The predicted molar refractivity (Wildman–Crippen MR) is 69.2 cm³/mol. The van der Waals surface area contributed by atoms with Crippen LogP contribution in [0.5, 0.6) is 0 Å². The van der Waals surface area contributed by atoms with E-state index in [-0.39, 0.29) is 6.10 Å². The van der Waals surface area contributed by atoms with Gasteiger partial charge in [-0.25, -0.2) is 4.36 Å². The molecular weight excluding hydrogens is 222 g/mol. The molecule has 0 aromatic carbocycles. The molecule has 0 amide bonds. The van der Waals surface area contributed by atoms with Crippen molar-refractivity contribution in [2.75, 3.05) is 25.7 Å². The van der Waals surface area contributed by atoms with Gasteiger partial charge in [-0.1, -0.05) is 20.8 Å². The van der Waals surface area contributed by atoms with Crippen LogP contribution in [-0.4, -0.2) is 36.0 Å². The third-order valence-electron chi connectivity index (χ3n) is 3.18. The topological polar surface area (TPSA) is 38.7 Å². The van der Waals surface area contributed by atoms with Crippen molar-refractivity contribution in [3.63, 3.8) is 0 Å². The van der Waals surface area contributed by atoms with Gasteiger partial charge in [0.15, 0.2) is 0 Å². The van der Waals surface area contributed by atoms with Crippen molar-refractivity contribution in [1.82, 2.24) is 0 Å². The predicted octanol–water partition coefficient (Wildman–Crippen LogP) is 2.56. The number of rotatable bonds is 2. The lowest BCUT2D eigenvalue weighted by Gasteiger charge is -2.36. The van der Waals surface area contributed by atoms with Crippen molar-refractivity contribution in [2.45, 2.75) is 39.7 Å². The van der Waals surface area contributed by atoms with E-state index in [1.54, 1.807) is 12.5 Å². The molecule has 0 bridgehead atoms. The summed E-state index contributed by atoms with van der Waals surface area (Å²) in [5.41, 5.74) is 0.325. The average molecular weight is 247 g/mol. The molecule has 2 atom stereocenters. The molecule has 1 aliphatic rings. The second-order valence-corrected chi connectivity index (χ2v) is 8.71. The lowest BCUT2D eigenvalue weighted by Crippen LogP contribution is -2.34. The number of hydrogen-bond acceptors (Lipinski definition) is 3. The summed E-state index contributed by atoms with van der Waals surface area (Å²) in [6.07, 6.45) is 5.76. The summed E-state index contributed by atoms with van der Waals surface area (Å²) in [6.45, 7) is 8.19. The Morgan fingerprint density at radius 1 is 1.31 bits per heavy atom. The summed E-state index contributed by atoms with van der Waals surface area (Å²) in [5, 5.41) is 0. The maximum atomic E-state index is 11.4. The molecule has 1 saturated heterocycles. The van der Waals surface area contributed by atoms with Crippen molar-refractivity contribution in [3.8, 4) is 0 Å². The Labute approximate surface area is 100 Å². The van der Waals surface area contributed by atoms with E-state index in [2.05, 4.69) is 25.1 Å². The highest BCUT2D eigenvalue weighted by molar-refractivity contribution is 7.92. The van der Waals surface area contributed by atoms with Gasteiger partial charge in [0.2, 0.25) is 0 Å². The van der Waals surface area contributed by atoms with Crippen molar-refractivity contribution in [1.29, 1.82) is 0 Å². The summed E-state index contributed by atoms with van der Waals surface area (Å²) in [7, 11) is -1.97. The maximum Gasteiger partial charge on any atom is 0.0777 e. The minimum absolute atomic E-state index is 0.180. The Bertz CT molecular complexity index is 321. The van der Waals surface area contributed by atoms with Gasteiger partial charge < -0.3 is 4.74 Å². The van der Waals surface area contributed by atoms with E-state index in [4.69, 9.17) is 4.74 Å². The van der Waals surface area contributed by atoms with Gasteiger partial charge in [0, 0.05) is 22.2 Å². The Hall–Kier alpha value is -0.0900. The Kier molecular flexibility index (Phi) is 4.41. The monoisotopic (exact) mass is 247 g/mol. The van der Waals surface area contributed by atoms with Crippen LogP contribution in [0.15, 0.2) is 4.36 Å². The molecule has 0 N–H and O–H groups in total. The zero-order valence-electron chi connectivity index (χ0n) is 11.2. The molecule has 0 aromatic rings. The lowest BCUT2D eigenvalue weighted by molar-refractivity contribution is -0.0408. The standard InChI is InChI=1S/C12H25NO2S/c1-12(2,3)10-6-7-11(15-9-10)8-13-16(4,5)14/h10-11H,6-9H2,1-5H3. The van der Waals surface area contributed by atoms with E-state index in [1.165, 1.54) is 6.42 Å². The molecule has 0 aromatic heterocycles. The molecule has 2 unspecified atom stereocenters. The van der Waals surface area contributed by atoms with Crippen molar-refractivity contribution in [2.24, 2.45) is 15.7 Å². The summed E-state index contributed by atoms with van der Waals surface area (Å²) in [4.78, 5) is 0. The second kappa shape index (κ2) is 5.05. The largest absolute Gasteiger partial charge is 0.376 e. The third kappa shape index (κ3) is 4.83. The van der Waals surface area contributed by atoms with Crippen LogP contribution in [0.2, 0.25) is 0 Å². The Balaban J connectivity index is 2.42. The van der Waals surface area contributed by atoms with Crippen molar-refractivity contribution < 1.29 is 8.95 Å². The minimum atomic E-state index is -1.97. The second-order valence-electron chi connectivity index (χ2n) is 6.09. The first-order chi connectivity index (χ1) is 7.18. The normalized spacial score (nSPS) is 27.8. The third-order valence-corrected chi connectivity index (χ3v) is 3.95. The summed E-state index contributed by atoms with van der Waals surface area (Å²) in [5.74, 6) is 0.636. The van der Waals surface area contributed by atoms with E-state index in [0.29, 0.717) is 17.9 Å². The molecule has 16 heavy (non-hydrogen) atoms. The van der Waals surface area contributed by atoms with Gasteiger partial charge in [0.1, 0.15) is 0 Å². The molecule has 1 rings (SSSR count). The average Bonchev–Trinajstić information content (AvgIpc) is 2.13. The first kappa shape index (κ1) is 14.0. The van der Waals surface area contributed by atoms with Crippen LogP contribution >= 0.6 is 0 Å². The van der Waals surface area contributed by atoms with E-state index < -0.39 is 9.73 Å². The fourth-order valence-electron chi connectivity index (χ4n) is 1.90. The zero-order chi connectivity index (χ0) is 12.4. The molecule has 1 aliphatic heterocycles. The summed E-state index contributed by atoms with van der Waals surface area (Å²) >= 11 is 0. The molecule has 0 radical (unpaired) electrons. The number of hydrogen-bond donors (Lipinski definition) is 0. The molecule has 0 spiro atoms. The van der Waals surface area contributed by atoms with E-state index >= 15 is 0 Å².